The Morgan fingerprint density at radius 2 is 1.86 bits per heavy atom. The van der Waals surface area contributed by atoms with E-state index in [0.29, 0.717) is 6.61 Å². The molecule has 4 heteroatoms. The summed E-state index contributed by atoms with van der Waals surface area (Å²) in [5.74, 6) is 0.922. The second-order valence-corrected chi connectivity index (χ2v) is 6.57. The van der Waals surface area contributed by atoms with Crippen molar-refractivity contribution in [1.82, 2.24) is 10.3 Å². The Kier molecular flexibility index (Phi) is 5.76. The normalized spacial score (nSPS) is 10.9. The van der Waals surface area contributed by atoms with Crippen LogP contribution in [0.3, 0.4) is 0 Å². The van der Waals surface area contributed by atoms with Crippen molar-refractivity contribution in [3.05, 3.63) is 44.9 Å². The second-order valence-electron chi connectivity index (χ2n) is 5.41. The van der Waals surface area contributed by atoms with Gasteiger partial charge < -0.3 is 10.1 Å². The summed E-state index contributed by atoms with van der Waals surface area (Å²) < 4.78 is 5.88. The Labute approximate surface area is 131 Å². The lowest BCUT2D eigenvalue weighted by Crippen LogP contribution is -2.13. The lowest BCUT2D eigenvalue weighted by Gasteiger charge is -2.06. The van der Waals surface area contributed by atoms with Gasteiger partial charge in [0.25, 0.3) is 0 Å². The van der Waals surface area contributed by atoms with Gasteiger partial charge in [-0.2, -0.15) is 0 Å². The van der Waals surface area contributed by atoms with Crippen LogP contribution >= 0.6 is 11.3 Å². The Morgan fingerprint density at radius 1 is 1.14 bits per heavy atom. The van der Waals surface area contributed by atoms with Crippen molar-refractivity contribution >= 4 is 11.3 Å². The zero-order valence-electron chi connectivity index (χ0n) is 13.3. The standard InChI is InChI=1S/C17H24N2OS/c1-5-6-18-10-16-14(4)19-17(21-16)11-20-15-8-12(2)7-13(3)9-15/h7-9,18H,5-6,10-11H2,1-4H3. The lowest BCUT2D eigenvalue weighted by molar-refractivity contribution is 0.305. The molecule has 0 spiro atoms. The van der Waals surface area contributed by atoms with Crippen LogP contribution in [0.15, 0.2) is 18.2 Å². The SMILES string of the molecule is CCCNCc1sc(COc2cc(C)cc(C)c2)nc1C. The highest BCUT2D eigenvalue weighted by Crippen LogP contribution is 2.21. The number of hydrogen-bond donors (Lipinski definition) is 1. The number of hydrogen-bond acceptors (Lipinski definition) is 4. The molecule has 21 heavy (non-hydrogen) atoms. The third-order valence-electron chi connectivity index (χ3n) is 3.21. The van der Waals surface area contributed by atoms with Gasteiger partial charge >= 0.3 is 0 Å². The summed E-state index contributed by atoms with van der Waals surface area (Å²) in [7, 11) is 0. The van der Waals surface area contributed by atoms with E-state index in [2.05, 4.69) is 56.2 Å². The van der Waals surface area contributed by atoms with Crippen LogP contribution < -0.4 is 10.1 Å². The molecular weight excluding hydrogens is 280 g/mol. The molecule has 0 radical (unpaired) electrons. The summed E-state index contributed by atoms with van der Waals surface area (Å²) in [6.45, 7) is 10.9. The van der Waals surface area contributed by atoms with E-state index in [9.17, 15) is 0 Å². The highest BCUT2D eigenvalue weighted by molar-refractivity contribution is 7.11. The topological polar surface area (TPSA) is 34.1 Å². The molecule has 1 aromatic heterocycles. The second kappa shape index (κ2) is 7.57. The van der Waals surface area contributed by atoms with E-state index in [1.54, 1.807) is 11.3 Å². The molecule has 2 rings (SSSR count). The zero-order valence-corrected chi connectivity index (χ0v) is 14.1. The molecule has 0 aliphatic heterocycles. The number of nitrogens with zero attached hydrogens (tertiary/aromatic N) is 1. The summed E-state index contributed by atoms with van der Waals surface area (Å²) in [5.41, 5.74) is 3.57. The molecule has 0 unspecified atom stereocenters. The van der Waals surface area contributed by atoms with Crippen LogP contribution in [-0.2, 0) is 13.2 Å². The molecule has 0 saturated heterocycles. The van der Waals surface area contributed by atoms with Gasteiger partial charge in [0.15, 0.2) is 0 Å². The highest BCUT2D eigenvalue weighted by Gasteiger charge is 2.08. The maximum atomic E-state index is 5.88. The van der Waals surface area contributed by atoms with Gasteiger partial charge in [-0.15, -0.1) is 11.3 Å². The number of nitrogens with one attached hydrogen (secondary N) is 1. The highest BCUT2D eigenvalue weighted by atomic mass is 32.1. The van der Waals surface area contributed by atoms with Crippen LogP contribution in [0.25, 0.3) is 0 Å². The molecular formula is C17H24N2OS. The van der Waals surface area contributed by atoms with Gasteiger partial charge in [-0.05, 0) is 57.0 Å². The molecule has 0 aliphatic carbocycles. The average Bonchev–Trinajstić information content (AvgIpc) is 2.77. The van der Waals surface area contributed by atoms with E-state index >= 15 is 0 Å². The van der Waals surface area contributed by atoms with E-state index in [4.69, 9.17) is 4.74 Å². The van der Waals surface area contributed by atoms with Crippen molar-refractivity contribution in [3.8, 4) is 5.75 Å². The van der Waals surface area contributed by atoms with Gasteiger partial charge in [0, 0.05) is 11.4 Å². The van der Waals surface area contributed by atoms with Crippen molar-refractivity contribution in [2.75, 3.05) is 6.54 Å². The molecule has 1 aromatic carbocycles. The average molecular weight is 304 g/mol. The molecule has 0 amide bonds. The van der Waals surface area contributed by atoms with E-state index in [1.165, 1.54) is 16.0 Å². The number of thiazole rings is 1. The van der Waals surface area contributed by atoms with Crippen LogP contribution in [0, 0.1) is 20.8 Å². The minimum Gasteiger partial charge on any atom is -0.486 e. The third-order valence-corrected chi connectivity index (χ3v) is 4.34. The first-order chi connectivity index (χ1) is 10.1. The van der Waals surface area contributed by atoms with Crippen LogP contribution in [0.2, 0.25) is 0 Å². The molecule has 2 aromatic rings. The summed E-state index contributed by atoms with van der Waals surface area (Å²) in [6.07, 6.45) is 1.15. The third kappa shape index (κ3) is 4.83. The van der Waals surface area contributed by atoms with Gasteiger partial charge in [-0.25, -0.2) is 4.98 Å². The first kappa shape index (κ1) is 16.0. The van der Waals surface area contributed by atoms with Gasteiger partial charge in [-0.3, -0.25) is 0 Å². The molecule has 114 valence electrons. The number of benzene rings is 1. The van der Waals surface area contributed by atoms with Gasteiger partial charge in [0.05, 0.1) is 5.69 Å². The van der Waals surface area contributed by atoms with Crippen LogP contribution in [0.5, 0.6) is 5.75 Å². The summed E-state index contributed by atoms with van der Waals surface area (Å²) in [6, 6.07) is 6.28. The fourth-order valence-electron chi connectivity index (χ4n) is 2.25. The predicted molar refractivity (Wildman–Crippen MR) is 89.1 cm³/mol. The van der Waals surface area contributed by atoms with Gasteiger partial charge in [0.1, 0.15) is 17.4 Å². The fourth-order valence-corrected chi connectivity index (χ4v) is 3.21. The monoisotopic (exact) mass is 304 g/mol. The summed E-state index contributed by atoms with van der Waals surface area (Å²) in [5, 5.41) is 4.47. The Hall–Kier alpha value is -1.39. The zero-order chi connectivity index (χ0) is 15.2. The number of aryl methyl sites for hydroxylation is 3. The molecule has 1 heterocycles. The van der Waals surface area contributed by atoms with Crippen molar-refractivity contribution in [3.63, 3.8) is 0 Å². The van der Waals surface area contributed by atoms with Crippen LogP contribution in [0.4, 0.5) is 0 Å². The minimum absolute atomic E-state index is 0.544. The van der Waals surface area contributed by atoms with Crippen molar-refractivity contribution < 1.29 is 4.74 Å². The van der Waals surface area contributed by atoms with Crippen LogP contribution in [-0.4, -0.2) is 11.5 Å². The molecule has 0 bridgehead atoms. The molecule has 0 fully saturated rings. The minimum atomic E-state index is 0.544. The molecule has 1 N–H and O–H groups in total. The van der Waals surface area contributed by atoms with E-state index in [-0.39, 0.29) is 0 Å². The predicted octanol–water partition coefficient (Wildman–Crippen LogP) is 4.15. The Bertz CT molecular complexity index is 572. The maximum absolute atomic E-state index is 5.88. The largest absolute Gasteiger partial charge is 0.486 e. The quantitative estimate of drug-likeness (QED) is 0.780. The molecule has 0 atom stereocenters. The Balaban J connectivity index is 1.95. The lowest BCUT2D eigenvalue weighted by atomic mass is 10.1. The summed E-state index contributed by atoms with van der Waals surface area (Å²) >= 11 is 1.74. The van der Waals surface area contributed by atoms with Crippen LogP contribution in [0.1, 0.15) is 40.1 Å². The van der Waals surface area contributed by atoms with Gasteiger partial charge in [0.2, 0.25) is 0 Å². The van der Waals surface area contributed by atoms with Crippen molar-refractivity contribution in [1.29, 1.82) is 0 Å². The van der Waals surface area contributed by atoms with E-state index < -0.39 is 0 Å². The van der Waals surface area contributed by atoms with Crippen molar-refractivity contribution in [2.45, 2.75) is 47.3 Å². The van der Waals surface area contributed by atoms with Gasteiger partial charge in [-0.1, -0.05) is 13.0 Å². The fraction of sp³-hybridized carbons (Fsp3) is 0.471. The number of rotatable bonds is 7. The van der Waals surface area contributed by atoms with E-state index in [0.717, 1.165) is 36.0 Å². The molecule has 3 nitrogen and oxygen atoms in total. The van der Waals surface area contributed by atoms with Crippen molar-refractivity contribution in [2.24, 2.45) is 0 Å². The first-order valence-electron chi connectivity index (χ1n) is 7.45. The number of aromatic nitrogens is 1. The maximum Gasteiger partial charge on any atom is 0.140 e. The smallest absolute Gasteiger partial charge is 0.140 e. The van der Waals surface area contributed by atoms with E-state index in [1.807, 2.05) is 0 Å². The molecule has 0 aliphatic rings. The number of ether oxygens (including phenoxy) is 1. The molecule has 0 saturated carbocycles. The Morgan fingerprint density at radius 3 is 2.52 bits per heavy atom. The summed E-state index contributed by atoms with van der Waals surface area (Å²) in [4.78, 5) is 5.91. The first-order valence-corrected chi connectivity index (χ1v) is 8.27.